The van der Waals surface area contributed by atoms with Crippen molar-refractivity contribution in [2.45, 2.75) is 64.5 Å². The Morgan fingerprint density at radius 1 is 0.475 bits per heavy atom. The monoisotopic (exact) mass is 590 g/mol. The Morgan fingerprint density at radius 3 is 1.25 bits per heavy atom. The van der Waals surface area contributed by atoms with Crippen LogP contribution in [0.5, 0.6) is 11.5 Å². The van der Waals surface area contributed by atoms with Crippen molar-refractivity contribution in [2.24, 2.45) is 0 Å². The molecule has 0 aliphatic carbocycles. The first-order valence-electron chi connectivity index (χ1n) is 15.2. The van der Waals surface area contributed by atoms with E-state index in [9.17, 15) is 0 Å². The maximum atomic E-state index is 5.40. The molecular formula is C32H54N4O2S2. The molecule has 0 aliphatic rings. The number of rotatable bonds is 27. The lowest BCUT2D eigenvalue weighted by Crippen LogP contribution is -2.19. The highest BCUT2D eigenvalue weighted by Crippen LogP contribution is 2.19. The van der Waals surface area contributed by atoms with Gasteiger partial charge in [-0.1, -0.05) is 83.7 Å². The SMILES string of the molecule is COc1ccccc1CNCCCCCCNCCSSCCNCCCCCCNCc1ccccc1OC. The summed E-state index contributed by atoms with van der Waals surface area (Å²) >= 11 is 0. The molecule has 2 rings (SSSR count). The minimum atomic E-state index is 0.878. The van der Waals surface area contributed by atoms with Crippen molar-refractivity contribution in [1.82, 2.24) is 21.3 Å². The summed E-state index contributed by atoms with van der Waals surface area (Å²) in [4.78, 5) is 0. The van der Waals surface area contributed by atoms with Gasteiger partial charge in [0, 0.05) is 48.8 Å². The van der Waals surface area contributed by atoms with E-state index in [0.29, 0.717) is 0 Å². The van der Waals surface area contributed by atoms with E-state index in [-0.39, 0.29) is 0 Å². The fourth-order valence-electron chi connectivity index (χ4n) is 4.45. The molecule has 0 unspecified atom stereocenters. The van der Waals surface area contributed by atoms with E-state index in [1.54, 1.807) is 14.2 Å². The van der Waals surface area contributed by atoms with Crippen molar-refractivity contribution in [3.8, 4) is 11.5 Å². The van der Waals surface area contributed by atoms with E-state index in [4.69, 9.17) is 9.47 Å². The summed E-state index contributed by atoms with van der Waals surface area (Å²) in [5, 5.41) is 14.2. The fourth-order valence-corrected chi connectivity index (χ4v) is 6.34. The number of nitrogens with one attached hydrogen (secondary N) is 4. The number of unbranched alkanes of at least 4 members (excludes halogenated alkanes) is 6. The predicted molar refractivity (Wildman–Crippen MR) is 177 cm³/mol. The van der Waals surface area contributed by atoms with Gasteiger partial charge in [0.15, 0.2) is 0 Å². The molecule has 0 radical (unpaired) electrons. The Morgan fingerprint density at radius 2 is 0.850 bits per heavy atom. The molecule has 40 heavy (non-hydrogen) atoms. The zero-order valence-electron chi connectivity index (χ0n) is 25.0. The summed E-state index contributed by atoms with van der Waals surface area (Å²) < 4.78 is 10.8. The second kappa shape index (κ2) is 25.3. The quantitative estimate of drug-likeness (QED) is 0.0718. The van der Waals surface area contributed by atoms with Gasteiger partial charge >= 0.3 is 0 Å². The maximum absolute atomic E-state index is 5.40. The van der Waals surface area contributed by atoms with Crippen LogP contribution in [0.1, 0.15) is 62.5 Å². The average Bonchev–Trinajstić information content (AvgIpc) is 2.99. The average molecular weight is 591 g/mol. The fraction of sp³-hybridized carbons (Fsp3) is 0.625. The number of ether oxygens (including phenoxy) is 2. The first kappa shape index (κ1) is 34.8. The van der Waals surface area contributed by atoms with Gasteiger partial charge in [0.2, 0.25) is 0 Å². The molecule has 4 N–H and O–H groups in total. The number of hydrogen-bond donors (Lipinski definition) is 4. The van der Waals surface area contributed by atoms with Crippen LogP contribution in [0.3, 0.4) is 0 Å². The molecule has 0 amide bonds. The molecule has 6 nitrogen and oxygen atoms in total. The van der Waals surface area contributed by atoms with E-state index in [2.05, 4.69) is 45.5 Å². The first-order chi connectivity index (χ1) is 19.8. The van der Waals surface area contributed by atoms with Crippen LogP contribution in [-0.4, -0.2) is 65.0 Å². The second-order valence-electron chi connectivity index (χ2n) is 9.95. The highest BCUT2D eigenvalue weighted by Gasteiger charge is 2.01. The molecule has 0 saturated heterocycles. The van der Waals surface area contributed by atoms with E-state index in [0.717, 1.165) is 63.9 Å². The van der Waals surface area contributed by atoms with E-state index >= 15 is 0 Å². The molecular weight excluding hydrogens is 537 g/mol. The zero-order chi connectivity index (χ0) is 28.4. The molecule has 0 aliphatic heterocycles. The molecule has 2 aromatic carbocycles. The van der Waals surface area contributed by atoms with E-state index in [1.807, 2.05) is 45.9 Å². The minimum Gasteiger partial charge on any atom is -0.496 e. The molecule has 0 atom stereocenters. The molecule has 0 heterocycles. The summed E-state index contributed by atoms with van der Waals surface area (Å²) in [6, 6.07) is 16.5. The Bertz CT molecular complexity index is 790. The molecule has 2 aromatic rings. The van der Waals surface area contributed by atoms with Crippen molar-refractivity contribution in [3.63, 3.8) is 0 Å². The lowest BCUT2D eigenvalue weighted by Gasteiger charge is -2.09. The lowest BCUT2D eigenvalue weighted by molar-refractivity contribution is 0.407. The standard InChI is InChI=1S/C32H54N4O2S2/c1-37-31-17-9-7-15-29(31)27-35-21-13-5-3-11-19-33-23-25-39-40-26-24-34-20-12-4-6-14-22-36-28-30-16-8-10-18-32(30)38-2/h7-10,15-18,33-36H,3-6,11-14,19-28H2,1-2H3. The van der Waals surface area contributed by atoms with Gasteiger partial charge in [-0.25, -0.2) is 0 Å². The lowest BCUT2D eigenvalue weighted by atomic mass is 10.1. The van der Waals surface area contributed by atoms with Crippen LogP contribution in [-0.2, 0) is 13.1 Å². The smallest absolute Gasteiger partial charge is 0.123 e. The van der Waals surface area contributed by atoms with Gasteiger partial charge in [0.05, 0.1) is 14.2 Å². The highest BCUT2D eigenvalue weighted by molar-refractivity contribution is 8.76. The maximum Gasteiger partial charge on any atom is 0.123 e. The van der Waals surface area contributed by atoms with Crippen LogP contribution in [0.15, 0.2) is 48.5 Å². The molecule has 8 heteroatoms. The van der Waals surface area contributed by atoms with Gasteiger partial charge in [-0.05, 0) is 64.0 Å². The molecule has 0 aromatic heterocycles. The normalized spacial score (nSPS) is 11.2. The summed E-state index contributed by atoms with van der Waals surface area (Å²) in [5.41, 5.74) is 2.46. The van der Waals surface area contributed by atoms with Gasteiger partial charge < -0.3 is 30.7 Å². The molecule has 0 saturated carbocycles. The third-order valence-corrected chi connectivity index (χ3v) is 9.15. The Hall–Kier alpha value is -1.42. The molecule has 0 bridgehead atoms. The van der Waals surface area contributed by atoms with Crippen molar-refractivity contribution in [1.29, 1.82) is 0 Å². The molecule has 0 fully saturated rings. The molecule has 0 spiro atoms. The third kappa shape index (κ3) is 17.4. The van der Waals surface area contributed by atoms with Gasteiger partial charge in [-0.2, -0.15) is 0 Å². The summed E-state index contributed by atoms with van der Waals surface area (Å²) in [7, 11) is 7.46. The highest BCUT2D eigenvalue weighted by atomic mass is 33.1. The number of hydrogen-bond acceptors (Lipinski definition) is 8. The van der Waals surface area contributed by atoms with E-state index < -0.39 is 0 Å². The van der Waals surface area contributed by atoms with Crippen LogP contribution in [0.4, 0.5) is 0 Å². The zero-order valence-corrected chi connectivity index (χ0v) is 26.6. The van der Waals surface area contributed by atoms with Gasteiger partial charge in [0.1, 0.15) is 11.5 Å². The molecule has 226 valence electrons. The number of benzene rings is 2. The van der Waals surface area contributed by atoms with Crippen LogP contribution >= 0.6 is 21.6 Å². The summed E-state index contributed by atoms with van der Waals surface area (Å²) in [5.74, 6) is 4.31. The van der Waals surface area contributed by atoms with Gasteiger partial charge in [-0.3, -0.25) is 0 Å². The minimum absolute atomic E-state index is 0.878. The van der Waals surface area contributed by atoms with Crippen LogP contribution in [0, 0.1) is 0 Å². The van der Waals surface area contributed by atoms with E-state index in [1.165, 1.54) is 74.0 Å². The van der Waals surface area contributed by atoms with Crippen molar-refractivity contribution < 1.29 is 9.47 Å². The second-order valence-corrected chi connectivity index (χ2v) is 12.7. The van der Waals surface area contributed by atoms with Crippen molar-refractivity contribution in [3.05, 3.63) is 59.7 Å². The summed E-state index contributed by atoms with van der Waals surface area (Å²) in [6.07, 6.45) is 10.2. The number of methoxy groups -OCH3 is 2. The summed E-state index contributed by atoms with van der Waals surface area (Å²) in [6.45, 7) is 8.39. The topological polar surface area (TPSA) is 66.6 Å². The Labute approximate surface area is 252 Å². The van der Waals surface area contributed by atoms with Crippen LogP contribution in [0.25, 0.3) is 0 Å². The Kier molecular flexibility index (Phi) is 22.0. The van der Waals surface area contributed by atoms with Crippen molar-refractivity contribution >= 4 is 21.6 Å². The van der Waals surface area contributed by atoms with Gasteiger partial charge in [-0.15, -0.1) is 0 Å². The largest absolute Gasteiger partial charge is 0.496 e. The predicted octanol–water partition coefficient (Wildman–Crippen LogP) is 6.26. The Balaban J connectivity index is 1.22. The van der Waals surface area contributed by atoms with Crippen molar-refractivity contribution in [2.75, 3.05) is 65.0 Å². The number of para-hydroxylation sites is 2. The third-order valence-electron chi connectivity index (χ3n) is 6.74. The van der Waals surface area contributed by atoms with Crippen LogP contribution < -0.4 is 30.7 Å². The van der Waals surface area contributed by atoms with Crippen LogP contribution in [0.2, 0.25) is 0 Å². The first-order valence-corrected chi connectivity index (χ1v) is 17.6. The van der Waals surface area contributed by atoms with Gasteiger partial charge in [0.25, 0.3) is 0 Å².